The first-order valence-electron chi connectivity index (χ1n) is 7.15. The second kappa shape index (κ2) is 5.50. The molecule has 0 aromatic heterocycles. The summed E-state index contributed by atoms with van der Waals surface area (Å²) in [5, 5.41) is 3.71. The molecule has 5 atom stereocenters. The monoisotopic (exact) mass is 225 g/mol. The smallest absolute Gasteiger partial charge is 0.0623 e. The van der Waals surface area contributed by atoms with Gasteiger partial charge in [-0.25, -0.2) is 0 Å². The fraction of sp³-hybridized carbons (Fsp3) is 1.00. The first kappa shape index (κ1) is 12.4. The van der Waals surface area contributed by atoms with Gasteiger partial charge in [0.2, 0.25) is 0 Å². The SMILES string of the molecule is CCCC(C)C(NCC)C1CC2CCC1O2. The molecule has 0 amide bonds. The molecule has 2 fully saturated rings. The minimum Gasteiger partial charge on any atom is -0.375 e. The molecular weight excluding hydrogens is 198 g/mol. The van der Waals surface area contributed by atoms with Gasteiger partial charge in [0.05, 0.1) is 12.2 Å². The van der Waals surface area contributed by atoms with Gasteiger partial charge in [0.1, 0.15) is 0 Å². The summed E-state index contributed by atoms with van der Waals surface area (Å²) in [6.07, 6.45) is 7.70. The maximum Gasteiger partial charge on any atom is 0.0623 e. The number of hydrogen-bond donors (Lipinski definition) is 1. The summed E-state index contributed by atoms with van der Waals surface area (Å²) < 4.78 is 6.00. The van der Waals surface area contributed by atoms with Gasteiger partial charge in [0.15, 0.2) is 0 Å². The van der Waals surface area contributed by atoms with Crippen LogP contribution in [0.3, 0.4) is 0 Å². The van der Waals surface area contributed by atoms with E-state index in [9.17, 15) is 0 Å². The van der Waals surface area contributed by atoms with Crippen molar-refractivity contribution in [2.24, 2.45) is 11.8 Å². The zero-order chi connectivity index (χ0) is 11.5. The van der Waals surface area contributed by atoms with Crippen molar-refractivity contribution in [3.63, 3.8) is 0 Å². The van der Waals surface area contributed by atoms with Crippen LogP contribution in [0.25, 0.3) is 0 Å². The number of nitrogens with one attached hydrogen (secondary N) is 1. The number of fused-ring (bicyclic) bond motifs is 2. The number of hydrogen-bond acceptors (Lipinski definition) is 2. The van der Waals surface area contributed by atoms with Gasteiger partial charge < -0.3 is 10.1 Å². The van der Waals surface area contributed by atoms with Crippen molar-refractivity contribution in [1.82, 2.24) is 5.32 Å². The van der Waals surface area contributed by atoms with Gasteiger partial charge in [0.25, 0.3) is 0 Å². The molecule has 5 unspecified atom stereocenters. The van der Waals surface area contributed by atoms with E-state index in [0.717, 1.165) is 18.4 Å². The molecule has 0 aromatic carbocycles. The fourth-order valence-electron chi connectivity index (χ4n) is 3.70. The van der Waals surface area contributed by atoms with Crippen molar-refractivity contribution in [1.29, 1.82) is 0 Å². The Bertz CT molecular complexity index is 219. The van der Waals surface area contributed by atoms with E-state index in [-0.39, 0.29) is 0 Å². The molecule has 0 aromatic rings. The lowest BCUT2D eigenvalue weighted by Crippen LogP contribution is -2.45. The van der Waals surface area contributed by atoms with E-state index < -0.39 is 0 Å². The molecule has 2 nitrogen and oxygen atoms in total. The van der Waals surface area contributed by atoms with Gasteiger partial charge in [-0.2, -0.15) is 0 Å². The second-order valence-corrected chi connectivity index (χ2v) is 5.62. The van der Waals surface area contributed by atoms with Crippen molar-refractivity contribution in [3.8, 4) is 0 Å². The average molecular weight is 225 g/mol. The standard InChI is InChI=1S/C14H27NO/c1-4-6-10(3)14(15-5-2)12-9-11-7-8-13(12)16-11/h10-15H,4-9H2,1-3H3. The molecule has 2 rings (SSSR count). The second-order valence-electron chi connectivity index (χ2n) is 5.62. The third kappa shape index (κ3) is 2.43. The van der Waals surface area contributed by atoms with Crippen LogP contribution in [0.15, 0.2) is 0 Å². The van der Waals surface area contributed by atoms with Crippen molar-refractivity contribution in [2.45, 2.75) is 71.1 Å². The predicted octanol–water partition coefficient (Wildman–Crippen LogP) is 2.97. The number of rotatable bonds is 6. The van der Waals surface area contributed by atoms with Crippen LogP contribution in [-0.4, -0.2) is 24.8 Å². The Kier molecular flexibility index (Phi) is 4.26. The first-order valence-corrected chi connectivity index (χ1v) is 7.15. The Morgan fingerprint density at radius 1 is 1.31 bits per heavy atom. The van der Waals surface area contributed by atoms with Crippen molar-refractivity contribution in [3.05, 3.63) is 0 Å². The molecule has 0 aliphatic carbocycles. The molecule has 16 heavy (non-hydrogen) atoms. The minimum atomic E-state index is 0.563. The van der Waals surface area contributed by atoms with Gasteiger partial charge in [-0.05, 0) is 38.1 Å². The molecule has 2 heteroatoms. The van der Waals surface area contributed by atoms with Gasteiger partial charge in [-0.1, -0.05) is 27.2 Å². The molecule has 94 valence electrons. The summed E-state index contributed by atoms with van der Waals surface area (Å²) in [5.74, 6) is 1.57. The zero-order valence-electron chi connectivity index (χ0n) is 11.0. The van der Waals surface area contributed by atoms with Crippen LogP contribution in [0.1, 0.15) is 52.9 Å². The first-order chi connectivity index (χ1) is 7.76. The zero-order valence-corrected chi connectivity index (χ0v) is 11.0. The predicted molar refractivity (Wildman–Crippen MR) is 67.5 cm³/mol. The molecule has 0 spiro atoms. The molecule has 2 saturated heterocycles. The Morgan fingerprint density at radius 3 is 2.62 bits per heavy atom. The molecule has 0 saturated carbocycles. The topological polar surface area (TPSA) is 21.3 Å². The van der Waals surface area contributed by atoms with Crippen LogP contribution in [-0.2, 0) is 4.74 Å². The average Bonchev–Trinajstić information content (AvgIpc) is 2.87. The maximum absolute atomic E-state index is 6.00. The van der Waals surface area contributed by atoms with E-state index in [0.29, 0.717) is 18.2 Å². The summed E-state index contributed by atoms with van der Waals surface area (Å²) in [6.45, 7) is 8.01. The summed E-state index contributed by atoms with van der Waals surface area (Å²) in [7, 11) is 0. The van der Waals surface area contributed by atoms with Crippen molar-refractivity contribution in [2.75, 3.05) is 6.54 Å². The van der Waals surface area contributed by atoms with Gasteiger partial charge in [0, 0.05) is 12.0 Å². The molecule has 2 aliphatic heterocycles. The number of ether oxygens (including phenoxy) is 1. The van der Waals surface area contributed by atoms with Gasteiger partial charge in [-0.3, -0.25) is 0 Å². The van der Waals surface area contributed by atoms with Gasteiger partial charge in [-0.15, -0.1) is 0 Å². The summed E-state index contributed by atoms with van der Waals surface area (Å²) >= 11 is 0. The highest BCUT2D eigenvalue weighted by Crippen LogP contribution is 2.42. The Hall–Kier alpha value is -0.0800. The quantitative estimate of drug-likeness (QED) is 0.750. The van der Waals surface area contributed by atoms with Crippen LogP contribution in [0.4, 0.5) is 0 Å². The van der Waals surface area contributed by atoms with E-state index in [1.54, 1.807) is 0 Å². The van der Waals surface area contributed by atoms with Crippen LogP contribution in [0, 0.1) is 11.8 Å². The lowest BCUT2D eigenvalue weighted by atomic mass is 9.78. The van der Waals surface area contributed by atoms with E-state index in [1.165, 1.54) is 32.1 Å². The summed E-state index contributed by atoms with van der Waals surface area (Å²) in [5.41, 5.74) is 0. The highest BCUT2D eigenvalue weighted by Gasteiger charge is 2.45. The highest BCUT2D eigenvalue weighted by atomic mass is 16.5. The van der Waals surface area contributed by atoms with Crippen LogP contribution in [0.5, 0.6) is 0 Å². The van der Waals surface area contributed by atoms with E-state index >= 15 is 0 Å². The van der Waals surface area contributed by atoms with E-state index in [4.69, 9.17) is 4.74 Å². The molecule has 2 bridgehead atoms. The van der Waals surface area contributed by atoms with Crippen molar-refractivity contribution >= 4 is 0 Å². The summed E-state index contributed by atoms with van der Waals surface area (Å²) in [6, 6.07) is 0.681. The summed E-state index contributed by atoms with van der Waals surface area (Å²) in [4.78, 5) is 0. The minimum absolute atomic E-state index is 0.563. The van der Waals surface area contributed by atoms with Crippen LogP contribution >= 0.6 is 0 Å². The Balaban J connectivity index is 1.96. The van der Waals surface area contributed by atoms with E-state index in [1.807, 2.05) is 0 Å². The molecule has 1 N–H and O–H groups in total. The van der Waals surface area contributed by atoms with Crippen LogP contribution < -0.4 is 5.32 Å². The molecular formula is C14H27NO. The Labute approximate surface area is 100 Å². The maximum atomic E-state index is 6.00. The molecule has 0 radical (unpaired) electrons. The van der Waals surface area contributed by atoms with Crippen molar-refractivity contribution < 1.29 is 4.74 Å². The largest absolute Gasteiger partial charge is 0.375 e. The van der Waals surface area contributed by atoms with Gasteiger partial charge >= 0.3 is 0 Å². The third-order valence-corrected chi connectivity index (χ3v) is 4.41. The fourth-order valence-corrected chi connectivity index (χ4v) is 3.70. The van der Waals surface area contributed by atoms with Crippen LogP contribution in [0.2, 0.25) is 0 Å². The highest BCUT2D eigenvalue weighted by molar-refractivity contribution is 4.96. The third-order valence-electron chi connectivity index (χ3n) is 4.41. The normalized spacial score (nSPS) is 36.6. The molecule has 2 aliphatic rings. The lowest BCUT2D eigenvalue weighted by molar-refractivity contribution is 0.0798. The van der Waals surface area contributed by atoms with E-state index in [2.05, 4.69) is 26.1 Å². The lowest BCUT2D eigenvalue weighted by Gasteiger charge is -2.33. The Morgan fingerprint density at radius 2 is 2.12 bits per heavy atom. The molecule has 2 heterocycles.